The second kappa shape index (κ2) is 4.93. The van der Waals surface area contributed by atoms with E-state index in [1.165, 1.54) is 12.1 Å². The molecule has 0 fully saturated rings. The van der Waals surface area contributed by atoms with Crippen molar-refractivity contribution >= 4 is 27.7 Å². The summed E-state index contributed by atoms with van der Waals surface area (Å²) in [6, 6.07) is 7.07. The van der Waals surface area contributed by atoms with Crippen LogP contribution in [0.3, 0.4) is 0 Å². The van der Waals surface area contributed by atoms with Crippen molar-refractivity contribution in [1.82, 2.24) is 4.98 Å². The topological polar surface area (TPSA) is 12.9 Å². The number of rotatable bonds is 2. The van der Waals surface area contributed by atoms with Gasteiger partial charge in [0, 0.05) is 21.6 Å². The molecule has 1 heterocycles. The number of nitrogens with zero attached hydrogens (tertiary/aromatic N) is 1. The molecular weight excluding hydrogens is 296 g/mol. The molecule has 0 saturated heterocycles. The summed E-state index contributed by atoms with van der Waals surface area (Å²) >= 11 is 4.42. The SMILES string of the molecule is Fc1ccc(Sc2ccc(Br)cn2)c(F)c1. The summed E-state index contributed by atoms with van der Waals surface area (Å²) in [6.07, 6.45) is 1.63. The summed E-state index contributed by atoms with van der Waals surface area (Å²) in [6.45, 7) is 0. The molecule has 0 amide bonds. The maximum atomic E-state index is 13.3. The lowest BCUT2D eigenvalue weighted by atomic mass is 10.3. The van der Waals surface area contributed by atoms with Gasteiger partial charge in [-0.1, -0.05) is 11.8 Å². The normalized spacial score (nSPS) is 10.4. The van der Waals surface area contributed by atoms with Crippen LogP contribution in [0.2, 0.25) is 0 Å². The Balaban J connectivity index is 2.23. The van der Waals surface area contributed by atoms with Crippen LogP contribution in [0.1, 0.15) is 0 Å². The van der Waals surface area contributed by atoms with E-state index in [4.69, 9.17) is 0 Å². The first-order valence-electron chi connectivity index (χ1n) is 4.39. The van der Waals surface area contributed by atoms with Crippen LogP contribution in [-0.4, -0.2) is 4.98 Å². The van der Waals surface area contributed by atoms with Gasteiger partial charge in [-0.25, -0.2) is 13.8 Å². The highest BCUT2D eigenvalue weighted by atomic mass is 79.9. The van der Waals surface area contributed by atoms with Crippen LogP contribution in [0.5, 0.6) is 0 Å². The van der Waals surface area contributed by atoms with Gasteiger partial charge in [-0.2, -0.15) is 0 Å². The van der Waals surface area contributed by atoms with Crippen molar-refractivity contribution in [2.45, 2.75) is 9.92 Å². The maximum absolute atomic E-state index is 13.3. The van der Waals surface area contributed by atoms with Gasteiger partial charge < -0.3 is 0 Å². The van der Waals surface area contributed by atoms with Crippen LogP contribution in [0.25, 0.3) is 0 Å². The predicted octanol–water partition coefficient (Wildman–Crippen LogP) is 4.27. The van der Waals surface area contributed by atoms with E-state index in [2.05, 4.69) is 20.9 Å². The molecule has 1 aromatic carbocycles. The molecule has 0 radical (unpaired) electrons. The van der Waals surface area contributed by atoms with Crippen molar-refractivity contribution in [3.05, 3.63) is 52.6 Å². The van der Waals surface area contributed by atoms with Gasteiger partial charge in [0.1, 0.15) is 16.7 Å². The molecule has 0 aliphatic rings. The first-order chi connectivity index (χ1) is 7.65. The summed E-state index contributed by atoms with van der Waals surface area (Å²) in [5, 5.41) is 0.661. The zero-order valence-corrected chi connectivity index (χ0v) is 10.4. The lowest BCUT2D eigenvalue weighted by molar-refractivity contribution is 0.565. The molecule has 0 spiro atoms. The van der Waals surface area contributed by atoms with Gasteiger partial charge in [0.15, 0.2) is 0 Å². The van der Waals surface area contributed by atoms with Crippen molar-refractivity contribution in [2.75, 3.05) is 0 Å². The number of benzene rings is 1. The number of pyridine rings is 1. The average Bonchev–Trinajstić information content (AvgIpc) is 2.25. The van der Waals surface area contributed by atoms with E-state index < -0.39 is 11.6 Å². The Morgan fingerprint density at radius 1 is 1.12 bits per heavy atom. The third-order valence-electron chi connectivity index (χ3n) is 1.81. The molecule has 0 aliphatic carbocycles. The fourth-order valence-electron chi connectivity index (χ4n) is 1.09. The number of aromatic nitrogens is 1. The van der Waals surface area contributed by atoms with E-state index in [1.54, 1.807) is 12.3 Å². The molecule has 1 aromatic heterocycles. The molecule has 0 N–H and O–H groups in total. The third kappa shape index (κ3) is 2.80. The minimum absolute atomic E-state index is 0.358. The highest BCUT2D eigenvalue weighted by Crippen LogP contribution is 2.29. The number of halogens is 3. The standard InChI is InChI=1S/C11H6BrF2NS/c12-7-1-4-11(15-6-7)16-10-3-2-8(13)5-9(10)14/h1-6H. The van der Waals surface area contributed by atoms with E-state index in [0.717, 1.165) is 22.3 Å². The molecule has 0 saturated carbocycles. The number of hydrogen-bond donors (Lipinski definition) is 0. The summed E-state index contributed by atoms with van der Waals surface area (Å²) < 4.78 is 26.8. The van der Waals surface area contributed by atoms with Gasteiger partial charge in [0.05, 0.1) is 0 Å². The van der Waals surface area contributed by atoms with Crippen LogP contribution in [0.4, 0.5) is 8.78 Å². The summed E-state index contributed by atoms with van der Waals surface area (Å²) in [5.74, 6) is -1.15. The zero-order valence-electron chi connectivity index (χ0n) is 7.95. The molecule has 1 nitrogen and oxygen atoms in total. The Morgan fingerprint density at radius 2 is 1.94 bits per heavy atom. The smallest absolute Gasteiger partial charge is 0.140 e. The maximum Gasteiger partial charge on any atom is 0.140 e. The lowest BCUT2D eigenvalue weighted by Crippen LogP contribution is -1.85. The van der Waals surface area contributed by atoms with E-state index in [9.17, 15) is 8.78 Å². The molecule has 0 atom stereocenters. The van der Waals surface area contributed by atoms with Gasteiger partial charge >= 0.3 is 0 Å². The summed E-state index contributed by atoms with van der Waals surface area (Å²) in [4.78, 5) is 4.45. The van der Waals surface area contributed by atoms with E-state index in [0.29, 0.717) is 9.92 Å². The first-order valence-corrected chi connectivity index (χ1v) is 6.00. The van der Waals surface area contributed by atoms with E-state index >= 15 is 0 Å². The molecule has 5 heteroatoms. The second-order valence-corrected chi connectivity index (χ2v) is 4.97. The fraction of sp³-hybridized carbons (Fsp3) is 0. The molecule has 0 unspecified atom stereocenters. The van der Waals surface area contributed by atoms with Crippen LogP contribution in [0.15, 0.2) is 50.9 Å². The zero-order chi connectivity index (χ0) is 11.5. The van der Waals surface area contributed by atoms with Crippen molar-refractivity contribution in [3.63, 3.8) is 0 Å². The fourth-order valence-corrected chi connectivity index (χ4v) is 2.09. The first kappa shape index (κ1) is 11.5. The van der Waals surface area contributed by atoms with Gasteiger partial charge in [-0.15, -0.1) is 0 Å². The van der Waals surface area contributed by atoms with Crippen molar-refractivity contribution in [1.29, 1.82) is 0 Å². The quantitative estimate of drug-likeness (QED) is 0.821. The third-order valence-corrected chi connectivity index (χ3v) is 3.28. The van der Waals surface area contributed by atoms with Crippen LogP contribution in [-0.2, 0) is 0 Å². The lowest BCUT2D eigenvalue weighted by Gasteiger charge is -2.02. The number of hydrogen-bond acceptors (Lipinski definition) is 2. The molecule has 0 aliphatic heterocycles. The van der Waals surface area contributed by atoms with Gasteiger partial charge in [0.2, 0.25) is 0 Å². The molecule has 2 rings (SSSR count). The molecule has 16 heavy (non-hydrogen) atoms. The molecule has 2 aromatic rings. The average molecular weight is 302 g/mol. The molecular formula is C11H6BrF2NS. The summed E-state index contributed by atoms with van der Waals surface area (Å²) in [7, 11) is 0. The Kier molecular flexibility index (Phi) is 3.56. The highest BCUT2D eigenvalue weighted by Gasteiger charge is 2.06. The Bertz CT molecular complexity index is 502. The van der Waals surface area contributed by atoms with Crippen molar-refractivity contribution in [3.8, 4) is 0 Å². The summed E-state index contributed by atoms with van der Waals surface area (Å²) in [5.41, 5.74) is 0. The van der Waals surface area contributed by atoms with Gasteiger partial charge in [-0.3, -0.25) is 0 Å². The van der Waals surface area contributed by atoms with Crippen molar-refractivity contribution in [2.24, 2.45) is 0 Å². The Labute approximate surface area is 104 Å². The highest BCUT2D eigenvalue weighted by molar-refractivity contribution is 9.10. The largest absolute Gasteiger partial charge is 0.248 e. The predicted molar refractivity (Wildman–Crippen MR) is 62.4 cm³/mol. The van der Waals surface area contributed by atoms with Gasteiger partial charge in [0.25, 0.3) is 0 Å². The minimum atomic E-state index is -0.578. The van der Waals surface area contributed by atoms with E-state index in [-0.39, 0.29) is 0 Å². The van der Waals surface area contributed by atoms with E-state index in [1.807, 2.05) is 6.07 Å². The Hall–Kier alpha value is -0.940. The van der Waals surface area contributed by atoms with Crippen LogP contribution >= 0.6 is 27.7 Å². The molecule has 0 bridgehead atoms. The monoisotopic (exact) mass is 301 g/mol. The van der Waals surface area contributed by atoms with Crippen LogP contribution in [0, 0.1) is 11.6 Å². The minimum Gasteiger partial charge on any atom is -0.248 e. The molecule has 82 valence electrons. The Morgan fingerprint density at radius 3 is 2.56 bits per heavy atom. The van der Waals surface area contributed by atoms with Crippen molar-refractivity contribution < 1.29 is 8.78 Å². The van der Waals surface area contributed by atoms with Crippen LogP contribution < -0.4 is 0 Å². The van der Waals surface area contributed by atoms with Gasteiger partial charge in [-0.05, 0) is 40.2 Å². The second-order valence-electron chi connectivity index (χ2n) is 2.99.